The first kappa shape index (κ1) is 18.7. The number of nitrogens with one attached hydrogen (secondary N) is 1. The van der Waals surface area contributed by atoms with Crippen LogP contribution in [0.4, 0.5) is 0 Å². The Morgan fingerprint density at radius 2 is 2.08 bits per heavy atom. The van der Waals surface area contributed by atoms with Gasteiger partial charge in [0.1, 0.15) is 4.21 Å². The molecule has 0 unspecified atom stereocenters. The van der Waals surface area contributed by atoms with Crippen molar-refractivity contribution in [1.82, 2.24) is 9.62 Å². The zero-order valence-electron chi connectivity index (χ0n) is 14.3. The predicted molar refractivity (Wildman–Crippen MR) is 97.8 cm³/mol. The van der Waals surface area contributed by atoms with Gasteiger partial charge in [-0.1, -0.05) is 12.1 Å². The number of sulfonamides is 1. The number of fused-ring (bicyclic) bond motifs is 1. The normalized spacial score (nSPS) is 13.2. The molecular weight excluding hydrogens is 376 g/mol. The third-order valence-electron chi connectivity index (χ3n) is 3.96. The molecular formula is C17H20N2O5S2. The van der Waals surface area contributed by atoms with Crippen molar-refractivity contribution in [3.63, 3.8) is 0 Å². The van der Waals surface area contributed by atoms with Crippen molar-refractivity contribution in [2.45, 2.75) is 23.6 Å². The van der Waals surface area contributed by atoms with Gasteiger partial charge >= 0.3 is 0 Å². The minimum Gasteiger partial charge on any atom is -0.454 e. The van der Waals surface area contributed by atoms with Gasteiger partial charge in [0, 0.05) is 26.6 Å². The summed E-state index contributed by atoms with van der Waals surface area (Å²) in [7, 11) is -1.93. The van der Waals surface area contributed by atoms with E-state index in [1.165, 1.54) is 22.7 Å². The highest BCUT2D eigenvalue weighted by Crippen LogP contribution is 2.32. The number of carbonyl (C=O) groups excluding carboxylic acids is 1. The van der Waals surface area contributed by atoms with Gasteiger partial charge in [-0.3, -0.25) is 4.79 Å². The van der Waals surface area contributed by atoms with E-state index in [0.29, 0.717) is 28.7 Å². The van der Waals surface area contributed by atoms with Crippen molar-refractivity contribution in [1.29, 1.82) is 0 Å². The number of amides is 1. The van der Waals surface area contributed by atoms with Crippen molar-refractivity contribution in [3.05, 3.63) is 41.3 Å². The zero-order valence-corrected chi connectivity index (χ0v) is 15.9. The number of carbonyl (C=O) groups is 1. The summed E-state index contributed by atoms with van der Waals surface area (Å²) >= 11 is 1.18. The molecule has 0 saturated heterocycles. The maximum absolute atomic E-state index is 12.3. The second-order valence-electron chi connectivity index (χ2n) is 5.83. The first-order valence-electron chi connectivity index (χ1n) is 8.12. The van der Waals surface area contributed by atoms with Gasteiger partial charge in [-0.2, -0.15) is 0 Å². The second kappa shape index (κ2) is 8.07. The standard InChI is InChI=1S/C17H20N2O5S2/c1-19(26(21,22)17-5-3-9-25-17)8-2-4-16(20)18-11-13-6-7-14-15(10-13)24-12-23-14/h3,5-7,9-10H,2,4,8,11-12H2,1H3,(H,18,20). The lowest BCUT2D eigenvalue weighted by Gasteiger charge is -2.15. The molecule has 0 aliphatic carbocycles. The van der Waals surface area contributed by atoms with E-state index in [9.17, 15) is 13.2 Å². The maximum atomic E-state index is 12.3. The van der Waals surface area contributed by atoms with E-state index < -0.39 is 10.0 Å². The summed E-state index contributed by atoms with van der Waals surface area (Å²) in [6.07, 6.45) is 0.711. The highest BCUT2D eigenvalue weighted by molar-refractivity contribution is 7.91. The van der Waals surface area contributed by atoms with Crippen LogP contribution < -0.4 is 14.8 Å². The molecule has 26 heavy (non-hydrogen) atoms. The predicted octanol–water partition coefficient (Wildman–Crippen LogP) is 2.19. The fourth-order valence-corrected chi connectivity index (χ4v) is 4.90. The molecule has 0 saturated carbocycles. The third-order valence-corrected chi connectivity index (χ3v) is 7.19. The van der Waals surface area contributed by atoms with E-state index in [1.54, 1.807) is 17.5 Å². The molecule has 3 rings (SSSR count). The summed E-state index contributed by atoms with van der Waals surface area (Å²) in [5.41, 5.74) is 0.917. The van der Waals surface area contributed by atoms with E-state index in [4.69, 9.17) is 9.47 Å². The van der Waals surface area contributed by atoms with Crippen LogP contribution in [0, 0.1) is 0 Å². The fourth-order valence-electron chi connectivity index (χ4n) is 2.49. The van der Waals surface area contributed by atoms with Crippen molar-refractivity contribution >= 4 is 27.3 Å². The lowest BCUT2D eigenvalue weighted by Crippen LogP contribution is -2.29. The Morgan fingerprint density at radius 3 is 2.85 bits per heavy atom. The number of nitrogens with zero attached hydrogens (tertiary/aromatic N) is 1. The van der Waals surface area contributed by atoms with Crippen molar-refractivity contribution in [2.75, 3.05) is 20.4 Å². The van der Waals surface area contributed by atoms with Crippen LogP contribution in [0.1, 0.15) is 18.4 Å². The summed E-state index contributed by atoms with van der Waals surface area (Å²) in [6.45, 7) is 0.892. The van der Waals surface area contributed by atoms with Crippen molar-refractivity contribution in [3.8, 4) is 11.5 Å². The molecule has 9 heteroatoms. The van der Waals surface area contributed by atoms with Crippen LogP contribution in [0.5, 0.6) is 11.5 Å². The van der Waals surface area contributed by atoms with Crippen LogP contribution in [0.25, 0.3) is 0 Å². The minimum atomic E-state index is -3.46. The molecule has 140 valence electrons. The molecule has 0 radical (unpaired) electrons. The number of ether oxygens (including phenoxy) is 2. The quantitative estimate of drug-likeness (QED) is 0.739. The molecule has 1 aromatic carbocycles. The number of thiophene rings is 1. The maximum Gasteiger partial charge on any atom is 0.252 e. The van der Waals surface area contributed by atoms with Gasteiger partial charge in [0.2, 0.25) is 12.7 Å². The van der Waals surface area contributed by atoms with Gasteiger partial charge in [0.25, 0.3) is 10.0 Å². The average Bonchev–Trinajstić information content (AvgIpc) is 3.31. The number of rotatable bonds is 8. The van der Waals surface area contributed by atoms with Crippen molar-refractivity contribution in [2.24, 2.45) is 0 Å². The van der Waals surface area contributed by atoms with Crippen LogP contribution in [0.3, 0.4) is 0 Å². The Bertz CT molecular complexity index is 865. The summed E-state index contributed by atoms with van der Waals surface area (Å²) in [5.74, 6) is 1.26. The Balaban J connectivity index is 1.42. The number of benzene rings is 1. The van der Waals surface area contributed by atoms with E-state index in [0.717, 1.165) is 5.56 Å². The molecule has 0 fully saturated rings. The molecule has 0 atom stereocenters. The summed E-state index contributed by atoms with van der Waals surface area (Å²) < 4.78 is 36.7. The summed E-state index contributed by atoms with van der Waals surface area (Å²) in [6, 6.07) is 8.80. The van der Waals surface area contributed by atoms with E-state index in [1.807, 2.05) is 18.2 Å². The highest BCUT2D eigenvalue weighted by Gasteiger charge is 2.21. The van der Waals surface area contributed by atoms with Crippen LogP contribution in [-0.2, 0) is 21.4 Å². The lowest BCUT2D eigenvalue weighted by atomic mass is 10.2. The summed E-state index contributed by atoms with van der Waals surface area (Å²) in [5, 5.41) is 4.56. The van der Waals surface area contributed by atoms with Gasteiger partial charge in [0.05, 0.1) is 0 Å². The Morgan fingerprint density at radius 1 is 1.27 bits per heavy atom. The van der Waals surface area contributed by atoms with E-state index in [-0.39, 0.29) is 25.7 Å². The minimum absolute atomic E-state index is 0.121. The highest BCUT2D eigenvalue weighted by atomic mass is 32.2. The molecule has 2 heterocycles. The van der Waals surface area contributed by atoms with E-state index in [2.05, 4.69) is 5.32 Å². The molecule has 1 aliphatic heterocycles. The summed E-state index contributed by atoms with van der Waals surface area (Å²) in [4.78, 5) is 12.0. The van der Waals surface area contributed by atoms with Crippen molar-refractivity contribution < 1.29 is 22.7 Å². The molecule has 1 amide bonds. The fraction of sp³-hybridized carbons (Fsp3) is 0.353. The van der Waals surface area contributed by atoms with Gasteiger partial charge in [-0.15, -0.1) is 11.3 Å². The molecule has 1 aliphatic rings. The number of hydrogen-bond acceptors (Lipinski definition) is 6. The molecule has 1 N–H and O–H groups in total. The lowest BCUT2D eigenvalue weighted by molar-refractivity contribution is -0.121. The Hall–Kier alpha value is -2.10. The SMILES string of the molecule is CN(CCCC(=O)NCc1ccc2c(c1)OCO2)S(=O)(=O)c1cccs1. The molecule has 1 aromatic heterocycles. The van der Waals surface area contributed by atoms with Gasteiger partial charge in [0.15, 0.2) is 11.5 Å². The second-order valence-corrected chi connectivity index (χ2v) is 9.05. The molecule has 7 nitrogen and oxygen atoms in total. The van der Waals surface area contributed by atoms with Gasteiger partial charge < -0.3 is 14.8 Å². The first-order valence-corrected chi connectivity index (χ1v) is 10.4. The molecule has 0 spiro atoms. The Kier molecular flexibility index (Phi) is 5.80. The van der Waals surface area contributed by atoms with Crippen LogP contribution >= 0.6 is 11.3 Å². The third kappa shape index (κ3) is 4.35. The van der Waals surface area contributed by atoms with E-state index >= 15 is 0 Å². The Labute approximate surface area is 156 Å². The topological polar surface area (TPSA) is 84.9 Å². The van der Waals surface area contributed by atoms with Crippen LogP contribution in [0.15, 0.2) is 39.9 Å². The molecule has 0 bridgehead atoms. The monoisotopic (exact) mass is 396 g/mol. The van der Waals surface area contributed by atoms with Gasteiger partial charge in [-0.25, -0.2) is 12.7 Å². The van der Waals surface area contributed by atoms with Gasteiger partial charge in [-0.05, 0) is 35.6 Å². The molecule has 2 aromatic rings. The van der Waals surface area contributed by atoms with Crippen LogP contribution in [0.2, 0.25) is 0 Å². The van der Waals surface area contributed by atoms with Crippen LogP contribution in [-0.4, -0.2) is 39.0 Å². The zero-order chi connectivity index (χ0) is 18.6. The average molecular weight is 396 g/mol. The largest absolute Gasteiger partial charge is 0.454 e. The number of hydrogen-bond donors (Lipinski definition) is 1. The first-order chi connectivity index (χ1) is 12.5. The smallest absolute Gasteiger partial charge is 0.252 e.